The van der Waals surface area contributed by atoms with Crippen LogP contribution in [-0.2, 0) is 25.4 Å². The minimum absolute atomic E-state index is 0.110. The molecule has 1 atom stereocenters. The number of carbonyl (C=O) groups excluding carboxylic acids is 1. The van der Waals surface area contributed by atoms with Crippen LogP contribution in [0.5, 0.6) is 0 Å². The summed E-state index contributed by atoms with van der Waals surface area (Å²) in [4.78, 5) is 16.4. The number of benzene rings is 3. The highest BCUT2D eigenvalue weighted by Gasteiger charge is 2.57. The summed E-state index contributed by atoms with van der Waals surface area (Å²) < 4.78 is 88.2. The predicted octanol–water partition coefficient (Wildman–Crippen LogP) is 6.71. The first-order valence-electron chi connectivity index (χ1n) is 13.5. The Morgan fingerprint density at radius 3 is 2.22 bits per heavy atom. The minimum Gasteiger partial charge on any atom is -0.373 e. The molecule has 1 aromatic heterocycles. The maximum Gasteiger partial charge on any atom is 0.425 e. The highest BCUT2D eigenvalue weighted by molar-refractivity contribution is 7.86. The van der Waals surface area contributed by atoms with Crippen LogP contribution < -0.4 is 5.32 Å². The third-order valence-corrected chi connectivity index (χ3v) is 8.74. The van der Waals surface area contributed by atoms with Crippen molar-refractivity contribution in [2.45, 2.75) is 43.0 Å². The van der Waals surface area contributed by atoms with Crippen molar-refractivity contribution in [3.05, 3.63) is 118 Å². The third-order valence-electron chi connectivity index (χ3n) is 7.17. The molecule has 4 aromatic rings. The molecule has 0 saturated carbocycles. The molecule has 238 valence electrons. The van der Waals surface area contributed by atoms with Gasteiger partial charge in [0.2, 0.25) is 5.60 Å². The number of alkyl halides is 3. The van der Waals surface area contributed by atoms with Crippen LogP contribution >= 0.6 is 11.6 Å². The lowest BCUT2D eigenvalue weighted by molar-refractivity contribution is -0.276. The summed E-state index contributed by atoms with van der Waals surface area (Å²) in [5, 5.41) is 13.9. The maximum absolute atomic E-state index is 14.6. The molecule has 7 nitrogen and oxygen atoms in total. The summed E-state index contributed by atoms with van der Waals surface area (Å²) in [6.45, 7) is 2.92. The van der Waals surface area contributed by atoms with Crippen LogP contribution in [0.15, 0.2) is 89.8 Å². The number of aromatic nitrogens is 1. The van der Waals surface area contributed by atoms with Gasteiger partial charge in [0, 0.05) is 16.7 Å². The zero-order valence-electron chi connectivity index (χ0n) is 24.3. The summed E-state index contributed by atoms with van der Waals surface area (Å²) >= 11 is 5.94. The molecular formula is C32H29ClF4N2O5S. The van der Waals surface area contributed by atoms with Crippen molar-refractivity contribution in [3.63, 3.8) is 0 Å². The molecule has 2 N–H and O–H groups in total. The molecule has 0 amide bonds. The quantitative estimate of drug-likeness (QED) is 0.104. The molecule has 0 aliphatic carbocycles. The molecule has 1 heterocycles. The number of nitrogens with zero attached hydrogens (tertiary/aromatic N) is 1. The molecule has 0 aliphatic heterocycles. The highest BCUT2D eigenvalue weighted by atomic mass is 35.5. The van der Waals surface area contributed by atoms with E-state index in [1.165, 1.54) is 24.3 Å². The molecule has 0 saturated heterocycles. The zero-order valence-corrected chi connectivity index (χ0v) is 25.9. The van der Waals surface area contributed by atoms with E-state index in [2.05, 4.69) is 10.3 Å². The van der Waals surface area contributed by atoms with Gasteiger partial charge in [-0.3, -0.25) is 8.98 Å². The van der Waals surface area contributed by atoms with E-state index in [0.29, 0.717) is 11.1 Å². The number of Topliss-reactive ketones (excluding diaryl/α,β-unsaturated/α-hetero) is 1. The van der Waals surface area contributed by atoms with Crippen LogP contribution in [0.25, 0.3) is 11.3 Å². The van der Waals surface area contributed by atoms with Crippen molar-refractivity contribution in [2.24, 2.45) is 0 Å². The minimum atomic E-state index is -5.47. The van der Waals surface area contributed by atoms with E-state index in [9.17, 15) is 35.9 Å². The van der Waals surface area contributed by atoms with Gasteiger partial charge in [-0.1, -0.05) is 59.6 Å². The lowest BCUT2D eigenvalue weighted by atomic mass is 9.89. The fourth-order valence-corrected chi connectivity index (χ4v) is 5.38. The largest absolute Gasteiger partial charge is 0.425 e. The van der Waals surface area contributed by atoms with Crippen molar-refractivity contribution in [1.29, 1.82) is 0 Å². The van der Waals surface area contributed by atoms with Crippen molar-refractivity contribution in [3.8, 4) is 11.3 Å². The second-order valence-corrected chi connectivity index (χ2v) is 12.9. The SMILES string of the molecule is Cc1ccc(S(=O)(=O)OCC(O)(c2cc(C(C)(C)NCC(=O)c3ccccc3)cc(-c3ccc(F)c(Cl)c3)n2)C(F)(F)F)cc1. The lowest BCUT2D eigenvalue weighted by Crippen LogP contribution is -2.48. The smallest absolute Gasteiger partial charge is 0.373 e. The van der Waals surface area contributed by atoms with Crippen LogP contribution in [0, 0.1) is 12.7 Å². The van der Waals surface area contributed by atoms with Gasteiger partial charge in [-0.05, 0) is 68.8 Å². The summed E-state index contributed by atoms with van der Waals surface area (Å²) in [5.74, 6) is -1.07. The summed E-state index contributed by atoms with van der Waals surface area (Å²) in [6.07, 6.45) is -5.47. The first-order chi connectivity index (χ1) is 20.9. The molecule has 0 radical (unpaired) electrons. The number of rotatable bonds is 11. The van der Waals surface area contributed by atoms with Crippen molar-refractivity contribution >= 4 is 27.5 Å². The van der Waals surface area contributed by atoms with E-state index in [0.717, 1.165) is 30.3 Å². The van der Waals surface area contributed by atoms with E-state index in [-0.39, 0.29) is 34.2 Å². The Labute approximate surface area is 263 Å². The number of pyridine rings is 1. The van der Waals surface area contributed by atoms with E-state index in [1.54, 1.807) is 51.1 Å². The number of aryl methyl sites for hydroxylation is 1. The number of halogens is 5. The fourth-order valence-electron chi connectivity index (χ4n) is 4.27. The molecule has 0 fully saturated rings. The summed E-state index contributed by atoms with van der Waals surface area (Å²) in [6, 6.07) is 19.3. The van der Waals surface area contributed by atoms with E-state index < -0.39 is 50.4 Å². The Kier molecular flexibility index (Phi) is 9.86. The third kappa shape index (κ3) is 7.77. The maximum atomic E-state index is 14.6. The monoisotopic (exact) mass is 664 g/mol. The Morgan fingerprint density at radius 2 is 1.62 bits per heavy atom. The number of hydrogen-bond donors (Lipinski definition) is 2. The number of nitrogens with one attached hydrogen (secondary N) is 1. The van der Waals surface area contributed by atoms with Crippen LogP contribution in [-0.4, -0.2) is 43.6 Å². The first-order valence-corrected chi connectivity index (χ1v) is 15.3. The van der Waals surface area contributed by atoms with Gasteiger partial charge in [-0.15, -0.1) is 0 Å². The van der Waals surface area contributed by atoms with Crippen LogP contribution in [0.1, 0.15) is 41.0 Å². The second-order valence-electron chi connectivity index (χ2n) is 10.9. The van der Waals surface area contributed by atoms with Gasteiger partial charge >= 0.3 is 6.18 Å². The molecule has 1 unspecified atom stereocenters. The second kappa shape index (κ2) is 13.0. The van der Waals surface area contributed by atoms with Gasteiger partial charge in [0.25, 0.3) is 10.1 Å². The van der Waals surface area contributed by atoms with Crippen LogP contribution in [0.4, 0.5) is 17.6 Å². The average molecular weight is 665 g/mol. The Hall–Kier alpha value is -3.68. The van der Waals surface area contributed by atoms with Gasteiger partial charge in [-0.25, -0.2) is 9.37 Å². The summed E-state index contributed by atoms with van der Waals surface area (Å²) in [5.41, 5.74) is -4.90. The highest BCUT2D eigenvalue weighted by Crippen LogP contribution is 2.41. The van der Waals surface area contributed by atoms with E-state index >= 15 is 0 Å². The molecular weight excluding hydrogens is 636 g/mol. The van der Waals surface area contributed by atoms with E-state index in [4.69, 9.17) is 15.8 Å². The van der Waals surface area contributed by atoms with Crippen molar-refractivity contribution in [2.75, 3.05) is 13.2 Å². The number of hydrogen-bond acceptors (Lipinski definition) is 7. The molecule has 3 aromatic carbocycles. The predicted molar refractivity (Wildman–Crippen MR) is 161 cm³/mol. The number of aliphatic hydroxyl groups is 1. The number of carbonyl (C=O) groups is 1. The van der Waals surface area contributed by atoms with Crippen molar-refractivity contribution in [1.82, 2.24) is 10.3 Å². The standard InChI is InChI=1S/C32H29ClF4N2O5S/c1-20-9-12-24(13-10-20)45(42,43)44-19-31(41,32(35,36)37)29-17-23(16-27(39-29)22-11-14-26(34)25(33)15-22)30(2,3)38-18-28(40)21-7-5-4-6-8-21/h4-17,38,41H,18-19H2,1-3H3. The molecule has 13 heteroatoms. The zero-order chi connectivity index (χ0) is 33.2. The van der Waals surface area contributed by atoms with E-state index in [1.807, 2.05) is 0 Å². The van der Waals surface area contributed by atoms with Gasteiger partial charge in [0.1, 0.15) is 12.4 Å². The van der Waals surface area contributed by atoms with Gasteiger partial charge < -0.3 is 10.4 Å². The lowest BCUT2D eigenvalue weighted by Gasteiger charge is -2.32. The fraction of sp³-hybridized carbons (Fsp3) is 0.250. The normalized spacial score (nSPS) is 13.8. The molecule has 45 heavy (non-hydrogen) atoms. The summed E-state index contributed by atoms with van der Waals surface area (Å²) in [7, 11) is -4.73. The molecule has 0 aliphatic rings. The number of ketones is 1. The Balaban J connectivity index is 1.79. The van der Waals surface area contributed by atoms with Crippen LogP contribution in [0.3, 0.4) is 0 Å². The topological polar surface area (TPSA) is 106 Å². The van der Waals surface area contributed by atoms with Crippen LogP contribution in [0.2, 0.25) is 5.02 Å². The molecule has 0 bridgehead atoms. The molecule has 4 rings (SSSR count). The Morgan fingerprint density at radius 1 is 0.978 bits per heavy atom. The molecule has 0 spiro atoms. The van der Waals surface area contributed by atoms with Gasteiger partial charge in [-0.2, -0.15) is 21.6 Å². The Bertz CT molecular complexity index is 1800. The van der Waals surface area contributed by atoms with Gasteiger partial charge in [0.15, 0.2) is 5.78 Å². The van der Waals surface area contributed by atoms with Crippen molar-refractivity contribution < 1.29 is 40.1 Å². The first kappa shape index (κ1) is 34.2. The van der Waals surface area contributed by atoms with Gasteiger partial charge in [0.05, 0.1) is 27.9 Å². The average Bonchev–Trinajstić information content (AvgIpc) is 3.00.